The van der Waals surface area contributed by atoms with Crippen LogP contribution in [-0.2, 0) is 5.75 Å². The van der Waals surface area contributed by atoms with E-state index in [9.17, 15) is 0 Å². The number of hydrogen-bond donors (Lipinski definition) is 2. The molecule has 0 aliphatic carbocycles. The molecule has 3 aromatic heterocycles. The van der Waals surface area contributed by atoms with Gasteiger partial charge in [0.25, 0.3) is 0 Å². The first-order valence-corrected chi connectivity index (χ1v) is 7.76. The Bertz CT molecular complexity index is 781. The Morgan fingerprint density at radius 3 is 3.20 bits per heavy atom. The van der Waals surface area contributed by atoms with Crippen molar-refractivity contribution in [2.24, 2.45) is 5.73 Å². The molecule has 0 aliphatic rings. The number of rotatable bonds is 3. The summed E-state index contributed by atoms with van der Waals surface area (Å²) in [5, 5.41) is 2.96. The quantitative estimate of drug-likeness (QED) is 0.439. The van der Waals surface area contributed by atoms with Crippen LogP contribution in [0.1, 0.15) is 10.4 Å². The van der Waals surface area contributed by atoms with Crippen LogP contribution >= 0.6 is 23.1 Å². The number of aromatic nitrogens is 4. The van der Waals surface area contributed by atoms with Crippen molar-refractivity contribution in [3.05, 3.63) is 34.5 Å². The normalized spacial score (nSPS) is 10.4. The van der Waals surface area contributed by atoms with Crippen LogP contribution in [0.3, 0.4) is 0 Å². The van der Waals surface area contributed by atoms with Gasteiger partial charge in [0, 0.05) is 21.6 Å². The van der Waals surface area contributed by atoms with Gasteiger partial charge >= 0.3 is 0 Å². The number of nitrogens with zero attached hydrogens (tertiary/aromatic N) is 3. The molecule has 0 atom stereocenters. The molecular weight excluding hydrogens is 290 g/mol. The zero-order chi connectivity index (χ0) is 13.8. The fourth-order valence-corrected chi connectivity index (χ4v) is 3.49. The molecular formula is C13H11N5S2. The van der Waals surface area contributed by atoms with E-state index >= 15 is 0 Å². The molecule has 100 valence electrons. The van der Waals surface area contributed by atoms with Crippen molar-refractivity contribution in [3.63, 3.8) is 0 Å². The first kappa shape index (κ1) is 13.1. The third-order valence-electron chi connectivity index (χ3n) is 2.53. The lowest BCUT2D eigenvalue weighted by atomic mass is 10.3. The van der Waals surface area contributed by atoms with Gasteiger partial charge in [-0.3, -0.25) is 0 Å². The van der Waals surface area contributed by atoms with Gasteiger partial charge in [-0.15, -0.1) is 11.3 Å². The van der Waals surface area contributed by atoms with E-state index in [-0.39, 0.29) is 0 Å². The number of fused-ring (bicyclic) bond motifs is 1. The summed E-state index contributed by atoms with van der Waals surface area (Å²) in [6.45, 7) is 0.388. The van der Waals surface area contributed by atoms with E-state index in [0.29, 0.717) is 12.2 Å². The standard InChI is InChI=1S/C13H11N5S2/c14-3-1-2-9-4-10(19-5-9)6-20-13-11-12(16-7-15-11)17-8-18-13/h4-5,7-8H,3,6,14H2,(H,15,16,17,18). The number of imidazole rings is 1. The average molecular weight is 301 g/mol. The Morgan fingerprint density at radius 1 is 1.35 bits per heavy atom. The molecule has 3 aromatic rings. The maximum absolute atomic E-state index is 5.36. The van der Waals surface area contributed by atoms with Gasteiger partial charge < -0.3 is 10.7 Å². The Morgan fingerprint density at radius 2 is 2.30 bits per heavy atom. The zero-order valence-electron chi connectivity index (χ0n) is 10.5. The van der Waals surface area contributed by atoms with Crippen LogP contribution in [0, 0.1) is 11.8 Å². The predicted molar refractivity (Wildman–Crippen MR) is 81.5 cm³/mol. The SMILES string of the molecule is NCC#Cc1csc(CSc2ncnc3nc[nH]c23)c1. The summed E-state index contributed by atoms with van der Waals surface area (Å²) in [7, 11) is 0. The number of thiophene rings is 1. The summed E-state index contributed by atoms with van der Waals surface area (Å²) in [6.07, 6.45) is 3.17. The Hall–Kier alpha value is -1.88. The largest absolute Gasteiger partial charge is 0.341 e. The number of thioether (sulfide) groups is 1. The molecule has 3 N–H and O–H groups in total. The lowest BCUT2D eigenvalue weighted by Gasteiger charge is -1.99. The minimum absolute atomic E-state index is 0.388. The second-order valence-electron chi connectivity index (χ2n) is 3.88. The summed E-state index contributed by atoms with van der Waals surface area (Å²) in [5.74, 6) is 6.74. The van der Waals surface area contributed by atoms with Crippen LogP contribution in [-0.4, -0.2) is 26.5 Å². The van der Waals surface area contributed by atoms with E-state index in [1.165, 1.54) is 11.2 Å². The lowest BCUT2D eigenvalue weighted by molar-refractivity contribution is 1.08. The first-order valence-electron chi connectivity index (χ1n) is 5.90. The fourth-order valence-electron chi connectivity index (χ4n) is 1.67. The van der Waals surface area contributed by atoms with E-state index in [2.05, 4.69) is 37.8 Å². The third-order valence-corrected chi connectivity index (χ3v) is 4.69. The van der Waals surface area contributed by atoms with Crippen LogP contribution in [0.25, 0.3) is 11.2 Å². The van der Waals surface area contributed by atoms with Gasteiger partial charge in [-0.25, -0.2) is 15.0 Å². The number of H-pyrrole nitrogens is 1. The van der Waals surface area contributed by atoms with E-state index < -0.39 is 0 Å². The highest BCUT2D eigenvalue weighted by Gasteiger charge is 2.07. The Kier molecular flexibility index (Phi) is 3.97. The summed E-state index contributed by atoms with van der Waals surface area (Å²) < 4.78 is 0. The molecule has 7 heteroatoms. The molecule has 20 heavy (non-hydrogen) atoms. The zero-order valence-corrected chi connectivity index (χ0v) is 12.1. The molecule has 0 bridgehead atoms. The maximum atomic E-state index is 5.36. The molecule has 0 saturated carbocycles. The van der Waals surface area contributed by atoms with Crippen LogP contribution in [0.5, 0.6) is 0 Å². The topological polar surface area (TPSA) is 80.5 Å². The Balaban J connectivity index is 1.73. The molecule has 0 fully saturated rings. The van der Waals surface area contributed by atoms with E-state index in [0.717, 1.165) is 21.9 Å². The van der Waals surface area contributed by atoms with Crippen molar-refractivity contribution >= 4 is 34.3 Å². The van der Waals surface area contributed by atoms with Crippen molar-refractivity contribution in [2.45, 2.75) is 10.8 Å². The number of nitrogens with two attached hydrogens (primary N) is 1. The van der Waals surface area contributed by atoms with Gasteiger partial charge in [0.2, 0.25) is 0 Å². The smallest absolute Gasteiger partial charge is 0.181 e. The van der Waals surface area contributed by atoms with Crippen molar-refractivity contribution in [2.75, 3.05) is 6.54 Å². The number of nitrogens with one attached hydrogen (secondary N) is 1. The van der Waals surface area contributed by atoms with Crippen LogP contribution < -0.4 is 5.73 Å². The summed E-state index contributed by atoms with van der Waals surface area (Å²) >= 11 is 3.35. The summed E-state index contributed by atoms with van der Waals surface area (Å²) in [6, 6.07) is 2.09. The minimum Gasteiger partial charge on any atom is -0.341 e. The van der Waals surface area contributed by atoms with Gasteiger partial charge in [0.1, 0.15) is 16.9 Å². The minimum atomic E-state index is 0.388. The van der Waals surface area contributed by atoms with Gasteiger partial charge in [0.15, 0.2) is 5.65 Å². The summed E-state index contributed by atoms with van der Waals surface area (Å²) in [4.78, 5) is 16.8. The molecule has 0 aliphatic heterocycles. The van der Waals surface area contributed by atoms with Gasteiger partial charge in [-0.1, -0.05) is 23.6 Å². The fraction of sp³-hybridized carbons (Fsp3) is 0.154. The van der Waals surface area contributed by atoms with E-state index in [1.807, 2.05) is 5.38 Å². The molecule has 5 nitrogen and oxygen atoms in total. The van der Waals surface area contributed by atoms with Crippen molar-refractivity contribution in [1.29, 1.82) is 0 Å². The van der Waals surface area contributed by atoms with Crippen LogP contribution in [0.15, 0.2) is 29.1 Å². The number of hydrogen-bond acceptors (Lipinski definition) is 6. The van der Waals surface area contributed by atoms with Crippen molar-refractivity contribution in [3.8, 4) is 11.8 Å². The molecule has 3 heterocycles. The van der Waals surface area contributed by atoms with Crippen LogP contribution in [0.4, 0.5) is 0 Å². The molecule has 0 spiro atoms. The molecule has 0 unspecified atom stereocenters. The highest BCUT2D eigenvalue weighted by molar-refractivity contribution is 7.98. The van der Waals surface area contributed by atoms with Crippen LogP contribution in [0.2, 0.25) is 0 Å². The third kappa shape index (κ3) is 2.82. The van der Waals surface area contributed by atoms with Crippen molar-refractivity contribution < 1.29 is 0 Å². The second-order valence-corrected chi connectivity index (χ2v) is 5.84. The molecule has 0 amide bonds. The Labute approximate surface area is 124 Å². The molecule has 0 radical (unpaired) electrons. The molecule has 0 saturated heterocycles. The van der Waals surface area contributed by atoms with Gasteiger partial charge in [-0.2, -0.15) is 0 Å². The highest BCUT2D eigenvalue weighted by atomic mass is 32.2. The number of aromatic amines is 1. The first-order chi connectivity index (χ1) is 9.86. The lowest BCUT2D eigenvalue weighted by Crippen LogP contribution is -1.92. The monoisotopic (exact) mass is 301 g/mol. The molecule has 0 aromatic carbocycles. The van der Waals surface area contributed by atoms with E-state index in [4.69, 9.17) is 5.73 Å². The average Bonchev–Trinajstić information content (AvgIpc) is 3.11. The van der Waals surface area contributed by atoms with E-state index in [1.54, 1.807) is 29.4 Å². The molecule has 3 rings (SSSR count). The predicted octanol–water partition coefficient (Wildman–Crippen LogP) is 2.02. The van der Waals surface area contributed by atoms with Crippen molar-refractivity contribution in [1.82, 2.24) is 19.9 Å². The van der Waals surface area contributed by atoms with Gasteiger partial charge in [0.05, 0.1) is 12.9 Å². The maximum Gasteiger partial charge on any atom is 0.181 e. The van der Waals surface area contributed by atoms with Gasteiger partial charge in [-0.05, 0) is 6.07 Å². The second kappa shape index (κ2) is 6.05. The summed E-state index contributed by atoms with van der Waals surface area (Å²) in [5.41, 5.74) is 7.97. The highest BCUT2D eigenvalue weighted by Crippen LogP contribution is 2.27.